The number of imide groups is 1. The number of amides is 2. The highest BCUT2D eigenvalue weighted by atomic mass is 79.9. The molecule has 1 aromatic carbocycles. The largest absolute Gasteiger partial charge is 0.417 e. The lowest BCUT2D eigenvalue weighted by atomic mass is 9.59. The number of benzene rings is 1. The molecule has 2 amide bonds. The molecular formula is C17H13BrF3NO3. The monoisotopic (exact) mass is 415 g/mol. The molecule has 1 heterocycles. The maximum Gasteiger partial charge on any atom is 0.417 e. The molecule has 3 aliphatic carbocycles. The standard InChI is InChI=1S/C17H13BrF3NO3/c18-11-4-2-8(6-10(11)17(19,20)21)22-15(24)13-7-1-3-9(12(23)5-7)14(13)16(22)25/h2,4,6-7,9,13-14H,1,3,5H2/t7-,9+,13+,14-/m0/s1. The van der Waals surface area contributed by atoms with Crippen LogP contribution >= 0.6 is 15.9 Å². The van der Waals surface area contributed by atoms with E-state index in [1.807, 2.05) is 0 Å². The van der Waals surface area contributed by atoms with Crippen LogP contribution in [0.3, 0.4) is 0 Å². The number of hydrogen-bond donors (Lipinski definition) is 0. The number of Topliss-reactive ketones (excluding diaryl/α,β-unsaturated/α-hetero) is 1. The van der Waals surface area contributed by atoms with Crippen molar-refractivity contribution in [1.82, 2.24) is 0 Å². The fourth-order valence-electron chi connectivity index (χ4n) is 4.51. The van der Waals surface area contributed by atoms with Gasteiger partial charge < -0.3 is 0 Å². The first kappa shape index (κ1) is 16.8. The topological polar surface area (TPSA) is 54.5 Å². The van der Waals surface area contributed by atoms with Crippen LogP contribution in [-0.4, -0.2) is 17.6 Å². The third kappa shape index (κ3) is 2.37. The Morgan fingerprint density at radius 2 is 1.72 bits per heavy atom. The van der Waals surface area contributed by atoms with E-state index in [9.17, 15) is 27.6 Å². The van der Waals surface area contributed by atoms with E-state index in [-0.39, 0.29) is 28.3 Å². The molecule has 4 atom stereocenters. The fourth-order valence-corrected chi connectivity index (χ4v) is 4.98. The van der Waals surface area contributed by atoms with Gasteiger partial charge in [-0.25, -0.2) is 0 Å². The summed E-state index contributed by atoms with van der Waals surface area (Å²) in [5.41, 5.74) is -1.04. The van der Waals surface area contributed by atoms with Crippen molar-refractivity contribution < 1.29 is 27.6 Å². The summed E-state index contributed by atoms with van der Waals surface area (Å²) >= 11 is 2.85. The van der Waals surface area contributed by atoms with Gasteiger partial charge in [0.05, 0.1) is 23.1 Å². The van der Waals surface area contributed by atoms with Crippen LogP contribution in [0, 0.1) is 23.7 Å². The van der Waals surface area contributed by atoms with E-state index in [0.29, 0.717) is 12.8 Å². The van der Waals surface area contributed by atoms with E-state index in [0.717, 1.165) is 11.0 Å². The summed E-state index contributed by atoms with van der Waals surface area (Å²) in [6.45, 7) is 0. The summed E-state index contributed by atoms with van der Waals surface area (Å²) in [5.74, 6) is -2.99. The second-order valence-corrected chi connectivity index (χ2v) is 7.69. The molecule has 0 unspecified atom stereocenters. The fraction of sp³-hybridized carbons (Fsp3) is 0.471. The number of ketones is 1. The zero-order chi connectivity index (χ0) is 18.1. The van der Waals surface area contributed by atoms with Crippen LogP contribution in [0.15, 0.2) is 22.7 Å². The predicted molar refractivity (Wildman–Crippen MR) is 84.5 cm³/mol. The summed E-state index contributed by atoms with van der Waals surface area (Å²) in [6, 6.07) is 3.30. The Bertz CT molecular complexity index is 807. The first-order valence-electron chi connectivity index (χ1n) is 7.97. The van der Waals surface area contributed by atoms with Crippen molar-refractivity contribution in [2.24, 2.45) is 23.7 Å². The molecule has 1 aliphatic heterocycles. The first-order chi connectivity index (χ1) is 11.7. The van der Waals surface area contributed by atoms with Crippen LogP contribution in [-0.2, 0) is 20.6 Å². The summed E-state index contributed by atoms with van der Waals surface area (Å²) in [7, 11) is 0. The van der Waals surface area contributed by atoms with E-state index in [1.165, 1.54) is 12.1 Å². The van der Waals surface area contributed by atoms with Gasteiger partial charge in [0.1, 0.15) is 5.78 Å². The molecule has 1 aromatic rings. The summed E-state index contributed by atoms with van der Waals surface area (Å²) in [5, 5.41) is 0. The van der Waals surface area contributed by atoms with Gasteiger partial charge >= 0.3 is 6.18 Å². The number of carbonyl (C=O) groups excluding carboxylic acids is 3. The molecule has 0 radical (unpaired) electrons. The molecule has 1 saturated heterocycles. The minimum absolute atomic E-state index is 0.00714. The lowest BCUT2D eigenvalue weighted by Gasteiger charge is -2.41. The van der Waals surface area contributed by atoms with Crippen LogP contribution in [0.2, 0.25) is 0 Å². The molecule has 4 fully saturated rings. The first-order valence-corrected chi connectivity index (χ1v) is 8.76. The van der Waals surface area contributed by atoms with Gasteiger partial charge in [-0.3, -0.25) is 19.3 Å². The quantitative estimate of drug-likeness (QED) is 0.658. The molecule has 132 valence electrons. The molecule has 0 aromatic heterocycles. The van der Waals surface area contributed by atoms with Gasteiger partial charge in [0.25, 0.3) is 0 Å². The number of carbonyl (C=O) groups is 3. The highest BCUT2D eigenvalue weighted by molar-refractivity contribution is 9.10. The van der Waals surface area contributed by atoms with E-state index >= 15 is 0 Å². The zero-order valence-electron chi connectivity index (χ0n) is 12.8. The van der Waals surface area contributed by atoms with Gasteiger partial charge in [-0.2, -0.15) is 13.2 Å². The number of anilines is 1. The van der Waals surface area contributed by atoms with Crippen molar-refractivity contribution in [3.63, 3.8) is 0 Å². The average molecular weight is 416 g/mol. The maximum atomic E-state index is 13.1. The molecule has 8 heteroatoms. The molecule has 5 rings (SSSR count). The van der Waals surface area contributed by atoms with Gasteiger partial charge in [0.15, 0.2) is 0 Å². The highest BCUT2D eigenvalue weighted by Crippen LogP contribution is 2.52. The average Bonchev–Trinajstić information content (AvgIpc) is 2.81. The van der Waals surface area contributed by atoms with Crippen molar-refractivity contribution in [3.05, 3.63) is 28.2 Å². The minimum Gasteiger partial charge on any atom is -0.299 e. The van der Waals surface area contributed by atoms with E-state index < -0.39 is 41.3 Å². The van der Waals surface area contributed by atoms with Crippen LogP contribution in [0.4, 0.5) is 18.9 Å². The molecule has 0 N–H and O–H groups in total. The predicted octanol–water partition coefficient (Wildman–Crippen LogP) is 3.57. The van der Waals surface area contributed by atoms with Gasteiger partial charge in [0, 0.05) is 16.8 Å². The lowest BCUT2D eigenvalue weighted by molar-refractivity contribution is -0.143. The maximum absolute atomic E-state index is 13.1. The number of rotatable bonds is 1. The second-order valence-electron chi connectivity index (χ2n) is 6.84. The van der Waals surface area contributed by atoms with Crippen LogP contribution in [0.25, 0.3) is 0 Å². The Labute approximate surface area is 149 Å². The minimum atomic E-state index is -4.61. The van der Waals surface area contributed by atoms with Gasteiger partial charge in [0.2, 0.25) is 11.8 Å². The molecule has 0 spiro atoms. The number of hydrogen-bond acceptors (Lipinski definition) is 3. The summed E-state index contributed by atoms with van der Waals surface area (Å²) in [4.78, 5) is 38.5. The Morgan fingerprint density at radius 3 is 2.36 bits per heavy atom. The third-order valence-electron chi connectivity index (χ3n) is 5.58. The number of fused-ring (bicyclic) bond motifs is 2. The number of nitrogens with zero attached hydrogens (tertiary/aromatic N) is 1. The molecule has 25 heavy (non-hydrogen) atoms. The van der Waals surface area contributed by atoms with Gasteiger partial charge in [-0.15, -0.1) is 0 Å². The zero-order valence-corrected chi connectivity index (χ0v) is 14.4. The summed E-state index contributed by atoms with van der Waals surface area (Å²) in [6.07, 6.45) is -3.04. The molecule has 4 aliphatic rings. The highest BCUT2D eigenvalue weighted by Gasteiger charge is 2.61. The Balaban J connectivity index is 1.76. The van der Waals surface area contributed by atoms with Gasteiger partial charge in [-0.1, -0.05) is 15.9 Å². The van der Waals surface area contributed by atoms with Crippen molar-refractivity contribution in [2.45, 2.75) is 25.4 Å². The van der Waals surface area contributed by atoms with Crippen molar-refractivity contribution >= 4 is 39.2 Å². The Morgan fingerprint density at radius 1 is 1.04 bits per heavy atom. The summed E-state index contributed by atoms with van der Waals surface area (Å²) < 4.78 is 39.2. The van der Waals surface area contributed by atoms with Crippen molar-refractivity contribution in [2.75, 3.05) is 4.90 Å². The van der Waals surface area contributed by atoms with Crippen LogP contribution in [0.1, 0.15) is 24.8 Å². The van der Waals surface area contributed by atoms with E-state index in [1.54, 1.807) is 0 Å². The second kappa shape index (κ2) is 5.40. The van der Waals surface area contributed by atoms with E-state index in [2.05, 4.69) is 15.9 Å². The molecular weight excluding hydrogens is 403 g/mol. The smallest absolute Gasteiger partial charge is 0.299 e. The Hall–Kier alpha value is -1.70. The Kier molecular flexibility index (Phi) is 3.62. The van der Waals surface area contributed by atoms with Crippen LogP contribution in [0.5, 0.6) is 0 Å². The van der Waals surface area contributed by atoms with Gasteiger partial charge in [-0.05, 0) is 37.0 Å². The molecule has 2 bridgehead atoms. The van der Waals surface area contributed by atoms with Crippen molar-refractivity contribution in [1.29, 1.82) is 0 Å². The molecule has 3 saturated carbocycles. The van der Waals surface area contributed by atoms with E-state index in [4.69, 9.17) is 0 Å². The molecule has 4 nitrogen and oxygen atoms in total. The van der Waals surface area contributed by atoms with Crippen LogP contribution < -0.4 is 4.90 Å². The normalized spacial score (nSPS) is 31.7. The third-order valence-corrected chi connectivity index (χ3v) is 6.27. The van der Waals surface area contributed by atoms with Crippen molar-refractivity contribution in [3.8, 4) is 0 Å². The number of alkyl halides is 3. The SMILES string of the molecule is O=C1C[C@@H]2CC[C@H]1[C@@H]1C(=O)N(c3ccc(Br)c(C(F)(F)F)c3)C(=O)[C@H]21. The lowest BCUT2D eigenvalue weighted by Crippen LogP contribution is -2.46. The number of halogens is 4.